The molecule has 0 radical (unpaired) electrons. The lowest BCUT2D eigenvalue weighted by Crippen LogP contribution is -2.42. The minimum Gasteiger partial charge on any atom is -0.489 e. The Kier molecular flexibility index (Phi) is 6.71. The Morgan fingerprint density at radius 3 is 2.67 bits per heavy atom. The summed E-state index contributed by atoms with van der Waals surface area (Å²) < 4.78 is 12.1. The molecular weight excluding hydrogens is 444 g/mol. The molecule has 7 heteroatoms. The highest BCUT2D eigenvalue weighted by Crippen LogP contribution is 2.52. The summed E-state index contributed by atoms with van der Waals surface area (Å²) in [6, 6.07) is 14.9. The first-order valence-electron chi connectivity index (χ1n) is 11.1. The van der Waals surface area contributed by atoms with E-state index in [2.05, 4.69) is 0 Å². The van der Waals surface area contributed by atoms with Gasteiger partial charge in [-0.15, -0.1) is 0 Å². The molecule has 1 fully saturated rings. The van der Waals surface area contributed by atoms with Gasteiger partial charge in [-0.3, -0.25) is 4.79 Å². The molecule has 0 spiro atoms. The Morgan fingerprint density at radius 1 is 1.24 bits per heavy atom. The number of hydrogen-bond acceptors (Lipinski definition) is 5. The molecule has 2 aromatic rings. The van der Waals surface area contributed by atoms with Crippen LogP contribution in [-0.2, 0) is 11.2 Å². The molecule has 1 heterocycles. The number of carbonyl (C=O) groups is 1. The zero-order valence-corrected chi connectivity index (χ0v) is 19.4. The summed E-state index contributed by atoms with van der Waals surface area (Å²) in [5.41, 5.74) is 0.802. The van der Waals surface area contributed by atoms with Gasteiger partial charge in [0.15, 0.2) is 0 Å². The fraction of sp³-hybridized carbons (Fsp3) is 0.423. The summed E-state index contributed by atoms with van der Waals surface area (Å²) in [6.07, 6.45) is 0.561. The zero-order chi connectivity index (χ0) is 23.8. The summed E-state index contributed by atoms with van der Waals surface area (Å²) in [5, 5.41) is 31.0. The van der Waals surface area contributed by atoms with Crippen molar-refractivity contribution in [3.8, 4) is 11.5 Å². The lowest BCUT2D eigenvalue weighted by molar-refractivity contribution is -0.136. The maximum Gasteiger partial charge on any atom is 0.303 e. The molecule has 176 valence electrons. The third kappa shape index (κ3) is 4.88. The number of carboxylic acids is 1. The fourth-order valence-electron chi connectivity index (χ4n) is 4.83. The van der Waals surface area contributed by atoms with Crippen LogP contribution in [0.1, 0.15) is 43.7 Å². The standard InChI is InChI=1S/C26H29ClO6/c1-26(2,33-16-8-4-3-5-9-16)25(31)19(27)13-18-20(28)14-21-23(18)17-10-6-7-15(24(17)32-21)11-12-22(29)30/h3-10,13,18,20-21,23,25,28,31H,11-12,14H2,1-2H3,(H,29,30)/b19-13-/t18-,20+,21-,23+,25-/m0/s1. The minimum atomic E-state index is -1.10. The second-order valence-electron chi connectivity index (χ2n) is 9.26. The minimum absolute atomic E-state index is 0.0234. The van der Waals surface area contributed by atoms with Crippen molar-refractivity contribution in [2.75, 3.05) is 0 Å². The van der Waals surface area contributed by atoms with Gasteiger partial charge >= 0.3 is 5.97 Å². The van der Waals surface area contributed by atoms with E-state index in [0.29, 0.717) is 24.3 Å². The average molecular weight is 473 g/mol. The molecule has 2 aromatic carbocycles. The molecular formula is C26H29ClO6. The van der Waals surface area contributed by atoms with Crippen LogP contribution in [0.5, 0.6) is 11.5 Å². The van der Waals surface area contributed by atoms with Crippen LogP contribution >= 0.6 is 11.6 Å². The number of aliphatic hydroxyl groups is 2. The van der Waals surface area contributed by atoms with Crippen LogP contribution in [0, 0.1) is 5.92 Å². The lowest BCUT2D eigenvalue weighted by atomic mass is 9.86. The molecule has 33 heavy (non-hydrogen) atoms. The first-order chi connectivity index (χ1) is 15.7. The van der Waals surface area contributed by atoms with E-state index in [9.17, 15) is 15.0 Å². The first-order valence-corrected chi connectivity index (χ1v) is 11.5. The molecule has 1 saturated carbocycles. The number of para-hydroxylation sites is 2. The van der Waals surface area contributed by atoms with E-state index in [1.54, 1.807) is 19.9 Å². The molecule has 0 unspecified atom stereocenters. The second kappa shape index (κ2) is 9.37. The van der Waals surface area contributed by atoms with Gasteiger partial charge < -0.3 is 24.8 Å². The molecule has 0 bridgehead atoms. The summed E-state index contributed by atoms with van der Waals surface area (Å²) in [4.78, 5) is 11.0. The first kappa shape index (κ1) is 23.6. The third-order valence-electron chi connectivity index (χ3n) is 6.49. The molecule has 4 rings (SSSR count). The number of ether oxygens (including phenoxy) is 2. The average Bonchev–Trinajstić information content (AvgIpc) is 3.27. The molecule has 2 aliphatic rings. The van der Waals surface area contributed by atoms with Crippen LogP contribution in [0.4, 0.5) is 0 Å². The van der Waals surface area contributed by atoms with Crippen LogP contribution in [0.25, 0.3) is 0 Å². The Hall–Kier alpha value is -2.54. The highest BCUT2D eigenvalue weighted by molar-refractivity contribution is 6.30. The number of rotatable bonds is 8. The third-order valence-corrected chi connectivity index (χ3v) is 6.83. The maximum absolute atomic E-state index is 11.0. The molecule has 1 aliphatic heterocycles. The molecule has 5 atom stereocenters. The van der Waals surface area contributed by atoms with Crippen LogP contribution in [0.2, 0.25) is 0 Å². The number of halogens is 1. The SMILES string of the molecule is CC(C)(Oc1ccccc1)[C@@H](O)/C(Cl)=C/[C@@H]1[C@H]2c3cccc(CCC(=O)O)c3O[C@H]2C[C@H]1O. The van der Waals surface area contributed by atoms with Crippen LogP contribution < -0.4 is 9.47 Å². The lowest BCUT2D eigenvalue weighted by Gasteiger charge is -2.32. The molecule has 0 saturated heterocycles. The van der Waals surface area contributed by atoms with Crippen molar-refractivity contribution in [2.45, 2.75) is 62.9 Å². The van der Waals surface area contributed by atoms with Gasteiger partial charge in [-0.25, -0.2) is 0 Å². The Balaban J connectivity index is 1.56. The van der Waals surface area contributed by atoms with E-state index >= 15 is 0 Å². The van der Waals surface area contributed by atoms with Gasteiger partial charge in [0.2, 0.25) is 0 Å². The van der Waals surface area contributed by atoms with Crippen molar-refractivity contribution in [3.05, 3.63) is 70.8 Å². The topological polar surface area (TPSA) is 96.2 Å². The predicted octanol–water partition coefficient (Wildman–Crippen LogP) is 4.27. The number of aliphatic carboxylic acids is 1. The van der Waals surface area contributed by atoms with E-state index in [1.165, 1.54) is 0 Å². The smallest absolute Gasteiger partial charge is 0.303 e. The number of aliphatic hydroxyl groups excluding tert-OH is 2. The maximum atomic E-state index is 11.0. The van der Waals surface area contributed by atoms with Gasteiger partial charge in [-0.1, -0.05) is 54.1 Å². The second-order valence-corrected chi connectivity index (χ2v) is 9.70. The summed E-state index contributed by atoms with van der Waals surface area (Å²) >= 11 is 6.57. The van der Waals surface area contributed by atoms with Crippen LogP contribution in [0.15, 0.2) is 59.6 Å². The monoisotopic (exact) mass is 472 g/mol. The van der Waals surface area contributed by atoms with Crippen LogP contribution in [0.3, 0.4) is 0 Å². The number of hydrogen-bond donors (Lipinski definition) is 3. The van der Waals surface area contributed by atoms with Gasteiger partial charge in [-0.05, 0) is 38.0 Å². The van der Waals surface area contributed by atoms with Gasteiger partial charge in [0.05, 0.1) is 6.10 Å². The zero-order valence-electron chi connectivity index (χ0n) is 18.6. The van der Waals surface area contributed by atoms with E-state index in [0.717, 1.165) is 11.1 Å². The van der Waals surface area contributed by atoms with Crippen molar-refractivity contribution in [1.29, 1.82) is 0 Å². The Morgan fingerprint density at radius 2 is 1.97 bits per heavy atom. The molecule has 3 N–H and O–H groups in total. The van der Waals surface area contributed by atoms with Crippen molar-refractivity contribution in [2.24, 2.45) is 5.92 Å². The van der Waals surface area contributed by atoms with Crippen molar-refractivity contribution < 1.29 is 29.6 Å². The van der Waals surface area contributed by atoms with E-state index in [4.69, 9.17) is 26.2 Å². The van der Waals surface area contributed by atoms with Crippen molar-refractivity contribution in [3.63, 3.8) is 0 Å². The predicted molar refractivity (Wildman–Crippen MR) is 125 cm³/mol. The Bertz CT molecular complexity index is 1030. The van der Waals surface area contributed by atoms with Gasteiger partial charge in [0.25, 0.3) is 0 Å². The van der Waals surface area contributed by atoms with E-state index in [1.807, 2.05) is 48.5 Å². The number of aryl methyl sites for hydroxylation is 1. The molecule has 6 nitrogen and oxygen atoms in total. The number of benzene rings is 2. The summed E-state index contributed by atoms with van der Waals surface area (Å²) in [7, 11) is 0. The summed E-state index contributed by atoms with van der Waals surface area (Å²) in [5.74, 6) is 0.00474. The van der Waals surface area contributed by atoms with Crippen LogP contribution in [-0.4, -0.2) is 45.2 Å². The van der Waals surface area contributed by atoms with E-state index < -0.39 is 23.8 Å². The van der Waals surface area contributed by atoms with Crippen molar-refractivity contribution in [1.82, 2.24) is 0 Å². The largest absolute Gasteiger partial charge is 0.489 e. The van der Waals surface area contributed by atoms with Gasteiger partial charge in [-0.2, -0.15) is 0 Å². The highest BCUT2D eigenvalue weighted by atomic mass is 35.5. The van der Waals surface area contributed by atoms with E-state index in [-0.39, 0.29) is 29.4 Å². The van der Waals surface area contributed by atoms with Gasteiger partial charge in [0, 0.05) is 35.3 Å². The molecule has 1 aliphatic carbocycles. The molecule has 0 amide bonds. The highest BCUT2D eigenvalue weighted by Gasteiger charge is 2.49. The fourth-order valence-corrected chi connectivity index (χ4v) is 5.24. The summed E-state index contributed by atoms with van der Waals surface area (Å²) in [6.45, 7) is 3.52. The van der Waals surface area contributed by atoms with Crippen molar-refractivity contribution >= 4 is 17.6 Å². The normalized spacial score (nSPS) is 25.2. The van der Waals surface area contributed by atoms with Gasteiger partial charge in [0.1, 0.15) is 29.3 Å². The Labute approximate surface area is 198 Å². The quantitative estimate of drug-likeness (QED) is 0.531. The number of carboxylic acid groups (broad SMARTS) is 1. The number of fused-ring (bicyclic) bond motifs is 3. The molecule has 0 aromatic heterocycles.